The molecule has 0 fully saturated rings. The fourth-order valence-electron chi connectivity index (χ4n) is 3.33. The second kappa shape index (κ2) is 16.6. The zero-order valence-corrected chi connectivity index (χ0v) is 24.1. The van der Waals surface area contributed by atoms with Crippen LogP contribution in [0.15, 0.2) is 61.5 Å². The molecule has 2 rings (SSSR count). The van der Waals surface area contributed by atoms with Gasteiger partial charge >= 0.3 is 6.09 Å². The highest BCUT2D eigenvalue weighted by Gasteiger charge is 2.24. The Morgan fingerprint density at radius 2 is 1.86 bits per heavy atom. The second-order valence-corrected chi connectivity index (χ2v) is 9.58. The van der Waals surface area contributed by atoms with Gasteiger partial charge in [0, 0.05) is 23.2 Å². The summed E-state index contributed by atoms with van der Waals surface area (Å²) in [6.07, 6.45) is 16.1. The van der Waals surface area contributed by atoms with Gasteiger partial charge in [-0.05, 0) is 46.1 Å². The summed E-state index contributed by atoms with van der Waals surface area (Å²) in [4.78, 5) is 20.3. The van der Waals surface area contributed by atoms with Crippen LogP contribution in [0.2, 0.25) is 0 Å². The lowest BCUT2D eigenvalue weighted by Crippen LogP contribution is -2.35. The SMILES string of the molecule is C=CCCCNC1=CC=CC(C)(C)C=C1c1cnc(C(CC=C)NC(=O)OC(C)(C)C)[nH]1.CC.CC. The van der Waals surface area contributed by atoms with Crippen LogP contribution in [0.4, 0.5) is 4.79 Å². The van der Waals surface area contributed by atoms with Crippen LogP contribution in [-0.2, 0) is 4.74 Å². The number of aromatic amines is 1. The molecule has 1 aliphatic carbocycles. The molecule has 0 saturated carbocycles. The van der Waals surface area contributed by atoms with Gasteiger partial charge in [0.05, 0.1) is 17.9 Å². The summed E-state index contributed by atoms with van der Waals surface area (Å²) in [5.74, 6) is 0.660. The number of ether oxygens (including phenoxy) is 1. The topological polar surface area (TPSA) is 79.0 Å². The van der Waals surface area contributed by atoms with Gasteiger partial charge in [-0.3, -0.25) is 0 Å². The largest absolute Gasteiger partial charge is 0.444 e. The zero-order valence-electron chi connectivity index (χ0n) is 24.1. The smallest absolute Gasteiger partial charge is 0.408 e. The molecular weight excluding hydrogens is 448 g/mol. The van der Waals surface area contributed by atoms with E-state index in [1.165, 1.54) is 0 Å². The van der Waals surface area contributed by atoms with Crippen LogP contribution in [-0.4, -0.2) is 28.2 Å². The summed E-state index contributed by atoms with van der Waals surface area (Å²) in [7, 11) is 0. The quantitative estimate of drug-likeness (QED) is 0.225. The molecule has 0 aromatic carbocycles. The van der Waals surface area contributed by atoms with Crippen LogP contribution >= 0.6 is 0 Å². The third kappa shape index (κ3) is 12.1. The number of nitrogens with one attached hydrogen (secondary N) is 3. The molecule has 0 saturated heterocycles. The number of amides is 1. The van der Waals surface area contributed by atoms with Crippen molar-refractivity contribution in [2.75, 3.05) is 6.54 Å². The number of unbranched alkanes of at least 4 members (excludes halogenated alkanes) is 1. The van der Waals surface area contributed by atoms with Crippen molar-refractivity contribution < 1.29 is 9.53 Å². The van der Waals surface area contributed by atoms with Crippen molar-refractivity contribution in [3.63, 3.8) is 0 Å². The predicted octanol–water partition coefficient (Wildman–Crippen LogP) is 8.02. The number of H-pyrrole nitrogens is 1. The van der Waals surface area contributed by atoms with Crippen LogP contribution in [0.1, 0.15) is 99.1 Å². The van der Waals surface area contributed by atoms with Crippen LogP contribution in [0.25, 0.3) is 5.57 Å². The normalized spacial score (nSPS) is 14.8. The maximum atomic E-state index is 12.3. The van der Waals surface area contributed by atoms with Crippen molar-refractivity contribution in [3.05, 3.63) is 73.0 Å². The van der Waals surface area contributed by atoms with Gasteiger partial charge in [0.2, 0.25) is 0 Å². The van der Waals surface area contributed by atoms with E-state index in [-0.39, 0.29) is 11.5 Å². The van der Waals surface area contributed by atoms with Gasteiger partial charge < -0.3 is 20.4 Å². The van der Waals surface area contributed by atoms with Gasteiger partial charge in [0.15, 0.2) is 0 Å². The molecule has 1 aromatic heterocycles. The Morgan fingerprint density at radius 3 is 2.44 bits per heavy atom. The molecule has 6 heteroatoms. The number of alkyl carbamates (subject to hydrolysis) is 1. The number of hydrogen-bond acceptors (Lipinski definition) is 4. The van der Waals surface area contributed by atoms with E-state index in [9.17, 15) is 4.79 Å². The standard InChI is InChI=1S/C26H38N4O2.2C2H6/c1-8-10-11-16-27-20-14-12-15-26(6,7)17-19(20)22-18-28-23(29-22)21(13-9-2)30-24(31)32-25(3,4)5;2*1-2/h8-9,12,14-15,17-18,21,27H,1-2,10-11,13,16H2,3-7H3,(H,28,29)(H,30,31);2*1-2H3. The molecule has 1 heterocycles. The summed E-state index contributed by atoms with van der Waals surface area (Å²) in [5.41, 5.74) is 2.28. The van der Waals surface area contributed by atoms with Gasteiger partial charge in [-0.25, -0.2) is 9.78 Å². The summed E-state index contributed by atoms with van der Waals surface area (Å²) >= 11 is 0. The summed E-state index contributed by atoms with van der Waals surface area (Å²) < 4.78 is 5.41. The van der Waals surface area contributed by atoms with Gasteiger partial charge in [-0.1, -0.05) is 71.9 Å². The molecular formula is C30H50N4O2. The molecule has 1 atom stereocenters. The van der Waals surface area contributed by atoms with Crippen LogP contribution < -0.4 is 10.6 Å². The van der Waals surface area contributed by atoms with Crippen molar-refractivity contribution in [2.45, 2.75) is 93.2 Å². The molecule has 3 N–H and O–H groups in total. The minimum Gasteiger partial charge on any atom is -0.444 e. The number of carbonyl (C=O) groups is 1. The highest BCUT2D eigenvalue weighted by molar-refractivity contribution is 5.78. The molecule has 1 amide bonds. The maximum absolute atomic E-state index is 12.3. The minimum absolute atomic E-state index is 0.114. The van der Waals surface area contributed by atoms with E-state index in [4.69, 9.17) is 4.74 Å². The van der Waals surface area contributed by atoms with E-state index in [0.29, 0.717) is 12.2 Å². The lowest BCUT2D eigenvalue weighted by Gasteiger charge is -2.22. The number of imidazole rings is 1. The molecule has 0 spiro atoms. The average Bonchev–Trinajstić information content (AvgIpc) is 3.24. The van der Waals surface area contributed by atoms with E-state index in [1.54, 1.807) is 6.08 Å². The predicted molar refractivity (Wildman–Crippen MR) is 155 cm³/mol. The number of allylic oxidation sites excluding steroid dienone is 6. The summed E-state index contributed by atoms with van der Waals surface area (Å²) in [6.45, 7) is 26.3. The molecule has 1 aliphatic rings. The third-order valence-electron chi connectivity index (χ3n) is 4.80. The third-order valence-corrected chi connectivity index (χ3v) is 4.80. The number of carbonyl (C=O) groups excluding carboxylic acids is 1. The minimum atomic E-state index is -0.572. The van der Waals surface area contributed by atoms with Crippen molar-refractivity contribution in [1.82, 2.24) is 20.6 Å². The Hall–Kier alpha value is -3.02. The Balaban J connectivity index is 0.00000291. The average molecular weight is 499 g/mol. The molecule has 1 unspecified atom stereocenters. The van der Waals surface area contributed by atoms with Crippen LogP contribution in [0.3, 0.4) is 0 Å². The van der Waals surface area contributed by atoms with Crippen molar-refractivity contribution in [3.8, 4) is 0 Å². The van der Waals surface area contributed by atoms with Crippen LogP contribution in [0.5, 0.6) is 0 Å². The van der Waals surface area contributed by atoms with Crippen molar-refractivity contribution >= 4 is 11.7 Å². The number of aromatic nitrogens is 2. The Labute approximate surface area is 220 Å². The molecule has 0 radical (unpaired) electrons. The van der Waals surface area contributed by atoms with E-state index in [0.717, 1.165) is 36.4 Å². The fraction of sp³-hybridized carbons (Fsp3) is 0.533. The van der Waals surface area contributed by atoms with E-state index in [2.05, 4.69) is 71.9 Å². The first-order chi connectivity index (χ1) is 17.0. The second-order valence-electron chi connectivity index (χ2n) is 9.58. The van der Waals surface area contributed by atoms with Gasteiger partial charge in [0.1, 0.15) is 11.4 Å². The molecule has 0 aliphatic heterocycles. The Morgan fingerprint density at radius 1 is 1.19 bits per heavy atom. The number of rotatable bonds is 10. The monoisotopic (exact) mass is 498 g/mol. The Kier molecular flexibility index (Phi) is 15.2. The summed E-state index contributed by atoms with van der Waals surface area (Å²) in [5, 5.41) is 6.44. The molecule has 36 heavy (non-hydrogen) atoms. The molecule has 0 bridgehead atoms. The van der Waals surface area contributed by atoms with E-state index < -0.39 is 11.7 Å². The van der Waals surface area contributed by atoms with E-state index in [1.807, 2.05) is 60.7 Å². The highest BCUT2D eigenvalue weighted by atomic mass is 16.6. The number of nitrogens with zero attached hydrogens (tertiary/aromatic N) is 1. The molecule has 202 valence electrons. The lowest BCUT2D eigenvalue weighted by atomic mass is 9.90. The highest BCUT2D eigenvalue weighted by Crippen LogP contribution is 2.32. The molecule has 6 nitrogen and oxygen atoms in total. The van der Waals surface area contributed by atoms with Gasteiger partial charge in [-0.15, -0.1) is 13.2 Å². The zero-order chi connectivity index (χ0) is 27.8. The molecule has 1 aromatic rings. The number of hydrogen-bond donors (Lipinski definition) is 3. The first kappa shape index (κ1) is 33.0. The summed E-state index contributed by atoms with van der Waals surface area (Å²) in [6, 6.07) is -0.360. The van der Waals surface area contributed by atoms with E-state index >= 15 is 0 Å². The fourth-order valence-corrected chi connectivity index (χ4v) is 3.33. The maximum Gasteiger partial charge on any atom is 0.408 e. The van der Waals surface area contributed by atoms with Crippen LogP contribution in [0, 0.1) is 5.41 Å². The first-order valence-electron chi connectivity index (χ1n) is 13.2. The van der Waals surface area contributed by atoms with Gasteiger partial charge in [-0.2, -0.15) is 0 Å². The van der Waals surface area contributed by atoms with Gasteiger partial charge in [0.25, 0.3) is 0 Å². The van der Waals surface area contributed by atoms with Crippen molar-refractivity contribution in [1.29, 1.82) is 0 Å². The Bertz CT molecular complexity index is 898. The first-order valence-corrected chi connectivity index (χ1v) is 13.2. The van der Waals surface area contributed by atoms with Crippen molar-refractivity contribution in [2.24, 2.45) is 5.41 Å². The lowest BCUT2D eigenvalue weighted by molar-refractivity contribution is 0.0502.